The molecule has 1 atom stereocenters. The highest BCUT2D eigenvalue weighted by molar-refractivity contribution is 7.01. The van der Waals surface area contributed by atoms with Gasteiger partial charge in [0.2, 0.25) is 5.91 Å². The van der Waals surface area contributed by atoms with Gasteiger partial charge >= 0.3 is 0 Å². The van der Waals surface area contributed by atoms with E-state index in [1.165, 1.54) is 15.3 Å². The van der Waals surface area contributed by atoms with Gasteiger partial charge in [-0.25, -0.2) is 0 Å². The number of nitrogens with zero attached hydrogens (tertiary/aromatic N) is 1. The van der Waals surface area contributed by atoms with Crippen molar-refractivity contribution >= 4 is 30.3 Å². The summed E-state index contributed by atoms with van der Waals surface area (Å²) in [7, 11) is -0.693. The SMILES string of the molecule is Cc1ccc2c(c1)C(C)(C[Si](C)(c1ccccc1)c1ccccc1)C(=O)N(C)C2=O. The van der Waals surface area contributed by atoms with E-state index in [4.69, 9.17) is 0 Å². The lowest BCUT2D eigenvalue weighted by atomic mass is 9.76. The monoisotopic (exact) mass is 413 g/mol. The standard InChI is InChI=1S/C26H27NO2Si/c1-19-15-16-22-23(17-19)26(2,25(29)27(3)24(22)28)18-30(4,20-11-7-5-8-12-20)21-13-9-6-10-14-21/h5-17H,18H2,1-4H3. The van der Waals surface area contributed by atoms with Crippen LogP contribution in [0.4, 0.5) is 0 Å². The van der Waals surface area contributed by atoms with Gasteiger partial charge in [0.15, 0.2) is 0 Å². The van der Waals surface area contributed by atoms with Crippen molar-refractivity contribution in [2.24, 2.45) is 0 Å². The zero-order valence-corrected chi connectivity index (χ0v) is 19.0. The highest BCUT2D eigenvalue weighted by atomic mass is 28.3. The Morgan fingerprint density at radius 2 is 1.40 bits per heavy atom. The minimum Gasteiger partial charge on any atom is -0.281 e. The van der Waals surface area contributed by atoms with Gasteiger partial charge in [0.05, 0.1) is 5.41 Å². The van der Waals surface area contributed by atoms with E-state index in [0.717, 1.165) is 11.1 Å². The number of aryl methyl sites for hydroxylation is 1. The summed E-state index contributed by atoms with van der Waals surface area (Å²) in [5.74, 6) is -0.327. The van der Waals surface area contributed by atoms with Crippen LogP contribution in [-0.2, 0) is 10.2 Å². The Morgan fingerprint density at radius 3 is 1.93 bits per heavy atom. The normalized spacial score (nSPS) is 19.0. The van der Waals surface area contributed by atoms with Gasteiger partial charge in [-0.15, -0.1) is 0 Å². The molecule has 0 saturated heterocycles. The number of likely N-dealkylation sites (N-methyl/N-ethyl adjacent to an activating group) is 1. The molecule has 0 bridgehead atoms. The molecular formula is C26H27NO2Si. The van der Waals surface area contributed by atoms with E-state index in [1.807, 2.05) is 44.2 Å². The number of hydrogen-bond donors (Lipinski definition) is 0. The van der Waals surface area contributed by atoms with Gasteiger partial charge in [0, 0.05) is 12.6 Å². The molecule has 0 fully saturated rings. The number of rotatable bonds is 4. The molecule has 0 saturated carbocycles. The second-order valence-corrected chi connectivity index (χ2v) is 13.0. The van der Waals surface area contributed by atoms with Crippen molar-refractivity contribution in [3.05, 3.63) is 95.6 Å². The van der Waals surface area contributed by atoms with Crippen LogP contribution in [0.3, 0.4) is 0 Å². The molecule has 4 heteroatoms. The Hall–Kier alpha value is -2.98. The van der Waals surface area contributed by atoms with Crippen molar-refractivity contribution in [2.45, 2.75) is 31.9 Å². The Bertz CT molecular complexity index is 1070. The Balaban J connectivity index is 1.94. The van der Waals surface area contributed by atoms with Gasteiger partial charge in [0.1, 0.15) is 8.07 Å². The van der Waals surface area contributed by atoms with Crippen molar-refractivity contribution in [1.29, 1.82) is 0 Å². The van der Waals surface area contributed by atoms with Gasteiger partial charge < -0.3 is 0 Å². The first-order valence-electron chi connectivity index (χ1n) is 10.3. The molecule has 1 unspecified atom stereocenters. The van der Waals surface area contributed by atoms with Gasteiger partial charge in [-0.1, -0.05) is 95.3 Å². The van der Waals surface area contributed by atoms with Gasteiger partial charge in [-0.05, 0) is 31.5 Å². The van der Waals surface area contributed by atoms with E-state index in [1.54, 1.807) is 7.05 Å². The summed E-state index contributed by atoms with van der Waals surface area (Å²) in [5, 5.41) is 2.58. The molecule has 3 aromatic carbocycles. The molecule has 30 heavy (non-hydrogen) atoms. The number of imide groups is 1. The van der Waals surface area contributed by atoms with E-state index in [-0.39, 0.29) is 11.8 Å². The molecule has 2 amide bonds. The third kappa shape index (κ3) is 3.12. The lowest BCUT2D eigenvalue weighted by molar-refractivity contribution is -0.133. The summed E-state index contributed by atoms with van der Waals surface area (Å²) < 4.78 is 0. The van der Waals surface area contributed by atoms with Crippen LogP contribution in [0.1, 0.15) is 28.4 Å². The predicted octanol–water partition coefficient (Wildman–Crippen LogP) is 3.76. The van der Waals surface area contributed by atoms with E-state index in [0.29, 0.717) is 11.6 Å². The second-order valence-electron chi connectivity index (χ2n) is 8.79. The van der Waals surface area contributed by atoms with Crippen LogP contribution in [0.2, 0.25) is 12.6 Å². The molecule has 4 rings (SSSR count). The average molecular weight is 414 g/mol. The van der Waals surface area contributed by atoms with Crippen LogP contribution in [0, 0.1) is 6.92 Å². The van der Waals surface area contributed by atoms with Crippen molar-refractivity contribution in [2.75, 3.05) is 7.05 Å². The topological polar surface area (TPSA) is 37.4 Å². The maximum atomic E-state index is 13.6. The maximum absolute atomic E-state index is 13.6. The predicted molar refractivity (Wildman–Crippen MR) is 124 cm³/mol. The van der Waals surface area contributed by atoms with E-state index >= 15 is 0 Å². The molecule has 1 heterocycles. The molecule has 1 aliphatic rings. The summed E-state index contributed by atoms with van der Waals surface area (Å²) >= 11 is 0. The lowest BCUT2D eigenvalue weighted by Gasteiger charge is -2.43. The van der Waals surface area contributed by atoms with Crippen molar-refractivity contribution in [1.82, 2.24) is 4.90 Å². The third-order valence-corrected chi connectivity index (χ3v) is 11.2. The summed E-state index contributed by atoms with van der Waals surface area (Å²) in [4.78, 5) is 27.8. The molecule has 3 aromatic rings. The number of carbonyl (C=O) groups is 2. The largest absolute Gasteiger partial charge is 0.281 e. The van der Waals surface area contributed by atoms with Crippen LogP contribution in [0.15, 0.2) is 78.9 Å². The summed E-state index contributed by atoms with van der Waals surface area (Å²) in [5.41, 5.74) is 1.80. The number of amides is 2. The number of benzene rings is 3. The molecule has 0 aromatic heterocycles. The molecule has 0 N–H and O–H groups in total. The zero-order chi connectivity index (χ0) is 21.5. The van der Waals surface area contributed by atoms with Gasteiger partial charge in [-0.3, -0.25) is 14.5 Å². The Kier molecular flexibility index (Phi) is 4.98. The fourth-order valence-electron chi connectivity index (χ4n) is 4.92. The first-order chi connectivity index (χ1) is 14.3. The molecule has 0 spiro atoms. The highest BCUT2D eigenvalue weighted by Gasteiger charge is 2.51. The second kappa shape index (κ2) is 7.37. The van der Waals surface area contributed by atoms with E-state index in [9.17, 15) is 9.59 Å². The number of hydrogen-bond acceptors (Lipinski definition) is 2. The van der Waals surface area contributed by atoms with Crippen molar-refractivity contribution < 1.29 is 9.59 Å². The zero-order valence-electron chi connectivity index (χ0n) is 18.0. The first kappa shape index (κ1) is 20.3. The van der Waals surface area contributed by atoms with Gasteiger partial charge in [-0.2, -0.15) is 0 Å². The van der Waals surface area contributed by atoms with Crippen LogP contribution >= 0.6 is 0 Å². The average Bonchev–Trinajstić information content (AvgIpc) is 2.77. The highest BCUT2D eigenvalue weighted by Crippen LogP contribution is 2.40. The Morgan fingerprint density at radius 1 is 0.867 bits per heavy atom. The Labute approximate surface area is 179 Å². The molecule has 0 aliphatic carbocycles. The lowest BCUT2D eigenvalue weighted by Crippen LogP contribution is -2.62. The first-order valence-corrected chi connectivity index (χ1v) is 13.0. The summed E-state index contributed by atoms with van der Waals surface area (Å²) in [6.45, 7) is 6.37. The maximum Gasteiger partial charge on any atom is 0.260 e. The fourth-order valence-corrected chi connectivity index (χ4v) is 9.27. The van der Waals surface area contributed by atoms with E-state index in [2.05, 4.69) is 55.1 Å². The smallest absolute Gasteiger partial charge is 0.260 e. The van der Waals surface area contributed by atoms with Crippen LogP contribution in [-0.4, -0.2) is 31.8 Å². The van der Waals surface area contributed by atoms with E-state index < -0.39 is 13.5 Å². The third-order valence-electron chi connectivity index (χ3n) is 6.61. The van der Waals surface area contributed by atoms with Crippen LogP contribution < -0.4 is 10.4 Å². The molecule has 152 valence electrons. The minimum absolute atomic E-state index is 0.115. The van der Waals surface area contributed by atoms with Crippen molar-refractivity contribution in [3.63, 3.8) is 0 Å². The van der Waals surface area contributed by atoms with Crippen LogP contribution in [0.25, 0.3) is 0 Å². The molecular weight excluding hydrogens is 386 g/mol. The van der Waals surface area contributed by atoms with Crippen molar-refractivity contribution in [3.8, 4) is 0 Å². The fraction of sp³-hybridized carbons (Fsp3) is 0.231. The number of carbonyl (C=O) groups excluding carboxylic acids is 2. The number of fused-ring (bicyclic) bond motifs is 1. The summed E-state index contributed by atoms with van der Waals surface area (Å²) in [6, 6.07) is 27.6. The quantitative estimate of drug-likeness (QED) is 0.482. The molecule has 0 radical (unpaired) electrons. The molecule has 1 aliphatic heterocycles. The van der Waals surface area contributed by atoms with Gasteiger partial charge in [0.25, 0.3) is 5.91 Å². The van der Waals surface area contributed by atoms with Crippen LogP contribution in [0.5, 0.6) is 0 Å². The molecule has 3 nitrogen and oxygen atoms in total. The minimum atomic E-state index is -2.30. The summed E-state index contributed by atoms with van der Waals surface area (Å²) in [6.07, 6.45) is 0.